The summed E-state index contributed by atoms with van der Waals surface area (Å²) in [6.45, 7) is 6.76. The number of thioether (sulfide) groups is 2. The van der Waals surface area contributed by atoms with Crippen molar-refractivity contribution in [3.63, 3.8) is 0 Å². The minimum atomic E-state index is -0.695. The van der Waals surface area contributed by atoms with Gasteiger partial charge < -0.3 is 5.11 Å². The van der Waals surface area contributed by atoms with Gasteiger partial charge >= 0.3 is 5.97 Å². The highest BCUT2D eigenvalue weighted by molar-refractivity contribution is 8.05. The number of thiazole rings is 1. The number of carboxylic acid groups (broad SMARTS) is 1. The minimum absolute atomic E-state index is 0.131. The second-order valence-corrected chi connectivity index (χ2v) is 12.4. The van der Waals surface area contributed by atoms with Crippen LogP contribution in [0.5, 0.6) is 0 Å². The first-order valence-electron chi connectivity index (χ1n) is 12.5. The SMILES string of the molecule is CCCCCCCCC(SCC(CC)CCCC)C(Sc1nc2ccccc2s1)C(=O)O. The molecule has 0 saturated carbocycles. The van der Waals surface area contributed by atoms with Gasteiger partial charge in [0.05, 0.1) is 10.2 Å². The molecule has 1 aromatic carbocycles. The number of rotatable bonds is 18. The molecule has 0 aliphatic carbocycles. The summed E-state index contributed by atoms with van der Waals surface area (Å²) in [5.74, 6) is 1.06. The van der Waals surface area contributed by atoms with Gasteiger partial charge in [0, 0.05) is 5.25 Å². The fraction of sp³-hybridized carbons (Fsp3) is 0.692. The normalized spacial score (nSPS) is 14.5. The molecule has 0 fully saturated rings. The predicted octanol–water partition coefficient (Wildman–Crippen LogP) is 8.91. The average Bonchev–Trinajstić information content (AvgIpc) is 3.21. The van der Waals surface area contributed by atoms with Gasteiger partial charge in [-0.25, -0.2) is 4.98 Å². The maximum absolute atomic E-state index is 12.4. The van der Waals surface area contributed by atoms with E-state index in [0.29, 0.717) is 5.92 Å². The molecule has 2 rings (SSSR count). The molecule has 0 aliphatic heterocycles. The van der Waals surface area contributed by atoms with Crippen molar-refractivity contribution in [2.75, 3.05) is 5.75 Å². The third-order valence-corrected chi connectivity index (χ3v) is 10.2. The van der Waals surface area contributed by atoms with Crippen LogP contribution in [0.25, 0.3) is 10.2 Å². The Hall–Kier alpha value is -0.720. The fourth-order valence-corrected chi connectivity index (χ4v) is 8.08. The Morgan fingerprint density at radius 1 is 1.00 bits per heavy atom. The van der Waals surface area contributed by atoms with Crippen molar-refractivity contribution < 1.29 is 9.90 Å². The van der Waals surface area contributed by atoms with Crippen LogP contribution in [0.4, 0.5) is 0 Å². The molecule has 32 heavy (non-hydrogen) atoms. The maximum atomic E-state index is 12.4. The van der Waals surface area contributed by atoms with Gasteiger partial charge in [-0.15, -0.1) is 11.3 Å². The van der Waals surface area contributed by atoms with Crippen molar-refractivity contribution in [2.24, 2.45) is 5.92 Å². The highest BCUT2D eigenvalue weighted by Gasteiger charge is 2.31. The lowest BCUT2D eigenvalue weighted by atomic mass is 10.0. The number of benzene rings is 1. The molecule has 6 heteroatoms. The summed E-state index contributed by atoms with van der Waals surface area (Å²) in [7, 11) is 0. The topological polar surface area (TPSA) is 50.2 Å². The van der Waals surface area contributed by atoms with Crippen molar-refractivity contribution in [1.82, 2.24) is 4.98 Å². The molecule has 0 radical (unpaired) electrons. The molecule has 0 amide bonds. The summed E-state index contributed by atoms with van der Waals surface area (Å²) in [4.78, 5) is 17.1. The van der Waals surface area contributed by atoms with Crippen LogP contribution in [0.1, 0.15) is 91.4 Å². The quantitative estimate of drug-likeness (QED) is 0.165. The number of carbonyl (C=O) groups is 1. The zero-order valence-electron chi connectivity index (χ0n) is 20.1. The molecule has 180 valence electrons. The molecule has 0 aliphatic rings. The second kappa shape index (κ2) is 16.0. The summed E-state index contributed by atoms with van der Waals surface area (Å²) in [5.41, 5.74) is 0.967. The van der Waals surface area contributed by atoms with Crippen LogP contribution in [-0.2, 0) is 4.79 Å². The average molecular weight is 496 g/mol. The Kier molecular flexibility index (Phi) is 13.8. The third kappa shape index (κ3) is 9.64. The zero-order valence-corrected chi connectivity index (χ0v) is 22.5. The van der Waals surface area contributed by atoms with Crippen molar-refractivity contribution in [3.05, 3.63) is 24.3 Å². The first-order valence-corrected chi connectivity index (χ1v) is 15.2. The smallest absolute Gasteiger partial charge is 0.318 e. The van der Waals surface area contributed by atoms with E-state index in [-0.39, 0.29) is 5.25 Å². The first kappa shape index (κ1) is 27.5. The molecule has 3 atom stereocenters. The molecule has 3 nitrogen and oxygen atoms in total. The van der Waals surface area contributed by atoms with E-state index in [1.807, 2.05) is 30.0 Å². The van der Waals surface area contributed by atoms with E-state index in [0.717, 1.165) is 33.2 Å². The van der Waals surface area contributed by atoms with Gasteiger partial charge in [0.25, 0.3) is 0 Å². The van der Waals surface area contributed by atoms with Crippen LogP contribution in [0.2, 0.25) is 0 Å². The van der Waals surface area contributed by atoms with Crippen LogP contribution in [0, 0.1) is 5.92 Å². The van der Waals surface area contributed by atoms with E-state index in [9.17, 15) is 9.90 Å². The molecule has 1 aromatic heterocycles. The fourth-order valence-electron chi connectivity index (χ4n) is 3.90. The number of fused-ring (bicyclic) bond motifs is 1. The van der Waals surface area contributed by atoms with E-state index >= 15 is 0 Å². The Morgan fingerprint density at radius 2 is 1.72 bits per heavy atom. The van der Waals surface area contributed by atoms with Crippen LogP contribution in [0.15, 0.2) is 28.6 Å². The standard InChI is InChI=1S/C26H41NO2S3/c1-4-7-9-10-11-12-18-23(30-19-20(6-3)15-8-5-2)24(25(28)29)32-26-27-21-16-13-14-17-22(21)31-26/h13-14,16-17,20,23-24H,4-12,15,18-19H2,1-3H3,(H,28,29). The van der Waals surface area contributed by atoms with Gasteiger partial charge in [0.2, 0.25) is 0 Å². The van der Waals surface area contributed by atoms with Crippen LogP contribution >= 0.6 is 34.9 Å². The molecular weight excluding hydrogens is 454 g/mol. The molecule has 0 spiro atoms. The molecule has 2 aromatic rings. The summed E-state index contributed by atoms with van der Waals surface area (Å²) in [5, 5.41) is 9.85. The van der Waals surface area contributed by atoms with Gasteiger partial charge in [-0.2, -0.15) is 11.8 Å². The molecule has 3 unspecified atom stereocenters. The maximum Gasteiger partial charge on any atom is 0.318 e. The number of para-hydroxylation sites is 1. The molecule has 1 N–H and O–H groups in total. The highest BCUT2D eigenvalue weighted by atomic mass is 32.2. The lowest BCUT2D eigenvalue weighted by Crippen LogP contribution is -2.30. The summed E-state index contributed by atoms with van der Waals surface area (Å²) >= 11 is 4.99. The van der Waals surface area contributed by atoms with Crippen molar-refractivity contribution >= 4 is 51.0 Å². The number of hydrogen-bond donors (Lipinski definition) is 1. The van der Waals surface area contributed by atoms with E-state index in [1.54, 1.807) is 11.3 Å². The van der Waals surface area contributed by atoms with Gasteiger partial charge in [0.15, 0.2) is 4.34 Å². The highest BCUT2D eigenvalue weighted by Crippen LogP contribution is 2.38. The first-order chi connectivity index (χ1) is 15.6. The number of aliphatic carboxylic acids is 1. The van der Waals surface area contributed by atoms with Crippen LogP contribution in [-0.4, -0.2) is 32.3 Å². The lowest BCUT2D eigenvalue weighted by Gasteiger charge is -2.25. The molecule has 1 heterocycles. The van der Waals surface area contributed by atoms with E-state index in [1.165, 1.54) is 69.5 Å². The van der Waals surface area contributed by atoms with Crippen molar-refractivity contribution in [3.8, 4) is 0 Å². The van der Waals surface area contributed by atoms with Gasteiger partial charge in [-0.05, 0) is 36.6 Å². The minimum Gasteiger partial charge on any atom is -0.480 e. The Labute approximate surface area is 207 Å². The molecular formula is C26H41NO2S3. The summed E-state index contributed by atoms with van der Waals surface area (Å²) < 4.78 is 2.01. The summed E-state index contributed by atoms with van der Waals surface area (Å²) in [6.07, 6.45) is 13.4. The zero-order chi connectivity index (χ0) is 23.2. The van der Waals surface area contributed by atoms with Crippen LogP contribution in [0.3, 0.4) is 0 Å². The number of aromatic nitrogens is 1. The van der Waals surface area contributed by atoms with Gasteiger partial charge in [-0.3, -0.25) is 4.79 Å². The van der Waals surface area contributed by atoms with E-state index in [2.05, 4.69) is 26.8 Å². The molecule has 0 saturated heterocycles. The third-order valence-electron chi connectivity index (χ3n) is 6.01. The van der Waals surface area contributed by atoms with Gasteiger partial charge in [-0.1, -0.05) is 102 Å². The Bertz CT molecular complexity index is 746. The van der Waals surface area contributed by atoms with Crippen LogP contribution < -0.4 is 0 Å². The Morgan fingerprint density at radius 3 is 2.41 bits per heavy atom. The van der Waals surface area contributed by atoms with Crippen molar-refractivity contribution in [2.45, 2.75) is 106 Å². The number of unbranched alkanes of at least 4 members (excludes halogenated alkanes) is 6. The number of hydrogen-bond acceptors (Lipinski definition) is 5. The summed E-state index contributed by atoms with van der Waals surface area (Å²) in [6, 6.07) is 8.08. The lowest BCUT2D eigenvalue weighted by molar-refractivity contribution is -0.136. The Balaban J connectivity index is 2.05. The largest absolute Gasteiger partial charge is 0.480 e. The van der Waals surface area contributed by atoms with Crippen molar-refractivity contribution in [1.29, 1.82) is 0 Å². The predicted molar refractivity (Wildman–Crippen MR) is 144 cm³/mol. The van der Waals surface area contributed by atoms with E-state index < -0.39 is 11.2 Å². The monoisotopic (exact) mass is 495 g/mol. The van der Waals surface area contributed by atoms with E-state index in [4.69, 9.17) is 4.98 Å². The number of carboxylic acids is 1. The number of nitrogens with zero attached hydrogens (tertiary/aromatic N) is 1. The molecule has 0 bridgehead atoms. The van der Waals surface area contributed by atoms with Gasteiger partial charge in [0.1, 0.15) is 5.25 Å². The second-order valence-electron chi connectivity index (χ2n) is 8.67.